The second-order valence-corrected chi connectivity index (χ2v) is 8.07. The maximum Gasteiger partial charge on any atom is 0.286 e. The molecule has 1 N–H and O–H groups in total. The Morgan fingerprint density at radius 2 is 2.20 bits per heavy atom. The Balaban J connectivity index is 1.60. The van der Waals surface area contributed by atoms with Crippen LogP contribution in [-0.4, -0.2) is 79.2 Å². The monoisotopic (exact) mass is 493 g/mol. The van der Waals surface area contributed by atoms with Crippen molar-refractivity contribution in [1.29, 1.82) is 0 Å². The number of hydrogen-bond acceptors (Lipinski definition) is 7. The van der Waals surface area contributed by atoms with Gasteiger partial charge in [-0.2, -0.15) is 4.98 Å². The fraction of sp³-hybridized carbons (Fsp3) is 0.381. The number of anilines is 1. The number of rotatable bonds is 6. The lowest BCUT2D eigenvalue weighted by molar-refractivity contribution is -0.129. The van der Waals surface area contributed by atoms with Gasteiger partial charge in [0.15, 0.2) is 5.82 Å². The molecule has 10 nitrogen and oxygen atoms in total. The molecule has 0 spiro atoms. The highest BCUT2D eigenvalue weighted by Crippen LogP contribution is 2.36. The van der Waals surface area contributed by atoms with Crippen LogP contribution in [0.15, 0.2) is 24.4 Å². The summed E-state index contributed by atoms with van der Waals surface area (Å²) in [4.78, 5) is 16.7. The van der Waals surface area contributed by atoms with Gasteiger partial charge in [-0.25, -0.2) is 26.8 Å². The van der Waals surface area contributed by atoms with Crippen molar-refractivity contribution in [1.82, 2.24) is 34.5 Å². The van der Waals surface area contributed by atoms with Gasteiger partial charge in [0.1, 0.15) is 23.7 Å². The minimum Gasteiger partial charge on any atom is -0.479 e. The first-order chi connectivity index (χ1) is 17.1. The minimum atomic E-state index is -3.26. The van der Waals surface area contributed by atoms with Crippen LogP contribution in [0.4, 0.5) is 23.5 Å². The molecule has 1 aromatic carbocycles. The van der Waals surface area contributed by atoms with E-state index in [1.54, 1.807) is 18.2 Å². The van der Waals surface area contributed by atoms with Gasteiger partial charge in [0.05, 0.1) is 38.8 Å². The van der Waals surface area contributed by atoms with Gasteiger partial charge in [-0.1, -0.05) is 11.3 Å². The van der Waals surface area contributed by atoms with Crippen LogP contribution in [0.25, 0.3) is 27.7 Å². The molecule has 0 saturated carbocycles. The van der Waals surface area contributed by atoms with Crippen LogP contribution in [-0.2, 0) is 11.3 Å². The molecule has 1 aliphatic rings. The fourth-order valence-corrected chi connectivity index (χ4v) is 4.12. The Morgan fingerprint density at radius 1 is 1.40 bits per heavy atom. The summed E-state index contributed by atoms with van der Waals surface area (Å²) in [5.41, 5.74) is 1.16. The number of carbonyl (C=O) groups is 1. The number of likely N-dealkylation sites (tertiary alicyclic amines) is 1. The highest BCUT2D eigenvalue weighted by atomic mass is 19.3. The first kappa shape index (κ1) is 21.6. The Labute approximate surface area is 196 Å². The zero-order valence-electron chi connectivity index (χ0n) is 19.6. The van der Waals surface area contributed by atoms with Gasteiger partial charge in [0.2, 0.25) is 17.7 Å². The average Bonchev–Trinajstić information content (AvgIpc) is 3.46. The number of aromatic nitrogens is 6. The third-order valence-corrected chi connectivity index (χ3v) is 5.83. The molecule has 14 heteroatoms. The fourth-order valence-electron chi connectivity index (χ4n) is 4.12. The molecule has 0 unspecified atom stereocenters. The predicted molar refractivity (Wildman–Crippen MR) is 117 cm³/mol. The first-order valence-corrected chi connectivity index (χ1v) is 10.6. The van der Waals surface area contributed by atoms with E-state index in [2.05, 4.69) is 25.7 Å². The first-order valence-electron chi connectivity index (χ1n) is 11.1. The number of nitrogens with zero attached hydrogens (tertiary/aromatic N) is 7. The number of hydrogen-bond donors (Lipinski definition) is 1. The van der Waals surface area contributed by atoms with E-state index >= 15 is 4.39 Å². The second-order valence-electron chi connectivity index (χ2n) is 8.07. The molecule has 4 heterocycles. The molecule has 184 valence electrons. The normalized spacial score (nSPS) is 17.8. The predicted octanol–water partition coefficient (Wildman–Crippen LogP) is 2.54. The van der Waals surface area contributed by atoms with Crippen molar-refractivity contribution in [3.8, 4) is 17.0 Å². The molecule has 1 fully saturated rings. The van der Waals surface area contributed by atoms with Gasteiger partial charge >= 0.3 is 0 Å². The van der Waals surface area contributed by atoms with Crippen LogP contribution in [0.5, 0.6) is 5.88 Å². The lowest BCUT2D eigenvalue weighted by Gasteiger charge is -2.19. The highest BCUT2D eigenvalue weighted by molar-refractivity contribution is 5.89. The quantitative estimate of drug-likeness (QED) is 0.412. The Kier molecular flexibility index (Phi) is 5.15. The van der Waals surface area contributed by atoms with Crippen LogP contribution in [0, 0.1) is 5.82 Å². The lowest BCUT2D eigenvalue weighted by atomic mass is 10.1. The minimum absolute atomic E-state index is 0.00189. The molecule has 1 amide bonds. The van der Waals surface area contributed by atoms with Crippen LogP contribution >= 0.6 is 0 Å². The van der Waals surface area contributed by atoms with Crippen molar-refractivity contribution in [3.63, 3.8) is 0 Å². The Morgan fingerprint density at radius 3 is 2.89 bits per heavy atom. The summed E-state index contributed by atoms with van der Waals surface area (Å²) < 4.78 is 73.0. The molecule has 1 aliphatic heterocycles. The molecule has 35 heavy (non-hydrogen) atoms. The van der Waals surface area contributed by atoms with Gasteiger partial charge < -0.3 is 15.0 Å². The summed E-state index contributed by atoms with van der Waals surface area (Å²) >= 11 is 0. The zero-order chi connectivity index (χ0) is 25.8. The molecule has 0 radical (unpaired) electrons. The van der Waals surface area contributed by atoms with Gasteiger partial charge in [-0.3, -0.25) is 4.79 Å². The van der Waals surface area contributed by atoms with Crippen molar-refractivity contribution < 1.29 is 28.5 Å². The second kappa shape index (κ2) is 8.36. The van der Waals surface area contributed by atoms with E-state index in [0.29, 0.717) is 16.6 Å². The number of fused-ring (bicyclic) bond motifs is 2. The number of aryl methyl sites for hydroxylation is 1. The zero-order valence-corrected chi connectivity index (χ0v) is 18.6. The summed E-state index contributed by atoms with van der Waals surface area (Å²) in [5, 5.41) is 14.4. The van der Waals surface area contributed by atoms with Crippen molar-refractivity contribution in [3.05, 3.63) is 30.2 Å². The number of amides is 1. The standard InChI is InChI=1S/C21H20F4N8O2/c1-11(34)31-9-16(21(24,25)10-31)26-20-27-19(35-2)18-17(13(23)8-33(18)29-20)12-3-4-14-15(7-12)32(6-5-22)30-28-14/h3-4,7-8,16H,5-6,9-10H2,1-2H3,(H,26,29)/t16-/m1/s1/i8D. The highest BCUT2D eigenvalue weighted by Gasteiger charge is 2.49. The number of carbonyl (C=O) groups excluding carboxylic acids is 1. The summed E-state index contributed by atoms with van der Waals surface area (Å²) in [6.45, 7) is -0.576. The summed E-state index contributed by atoms with van der Waals surface area (Å²) in [6, 6.07) is 3.17. The molecule has 1 saturated heterocycles. The molecule has 3 aromatic heterocycles. The van der Waals surface area contributed by atoms with E-state index in [4.69, 9.17) is 6.11 Å². The summed E-state index contributed by atoms with van der Waals surface area (Å²) in [6.07, 6.45) is -0.650. The number of methoxy groups -OCH3 is 1. The smallest absolute Gasteiger partial charge is 0.286 e. The van der Waals surface area contributed by atoms with Crippen LogP contribution in [0.3, 0.4) is 0 Å². The number of alkyl halides is 3. The van der Waals surface area contributed by atoms with Crippen LogP contribution in [0.1, 0.15) is 8.29 Å². The number of ether oxygens (including phenoxy) is 1. The SMILES string of the molecule is [2H]c1c(F)c(-c2ccc3nnn(CCF)c3c2)c2c(OC)nc(N[C@@H]3CN(C(C)=O)CC3(F)F)nn12. The van der Waals surface area contributed by atoms with E-state index in [1.807, 2.05) is 0 Å². The summed E-state index contributed by atoms with van der Waals surface area (Å²) in [7, 11) is 1.26. The van der Waals surface area contributed by atoms with Gasteiger partial charge in [-0.05, 0) is 17.7 Å². The van der Waals surface area contributed by atoms with E-state index in [0.717, 1.165) is 9.42 Å². The van der Waals surface area contributed by atoms with E-state index in [9.17, 15) is 18.0 Å². The van der Waals surface area contributed by atoms with Crippen molar-refractivity contribution in [2.24, 2.45) is 0 Å². The van der Waals surface area contributed by atoms with Crippen LogP contribution in [0.2, 0.25) is 0 Å². The largest absolute Gasteiger partial charge is 0.479 e. The molecule has 0 aliphatic carbocycles. The van der Waals surface area contributed by atoms with E-state index in [1.165, 1.54) is 18.7 Å². The van der Waals surface area contributed by atoms with Gasteiger partial charge in [0, 0.05) is 13.5 Å². The molecule has 1 atom stereocenters. The number of benzene rings is 1. The molecule has 5 rings (SSSR count). The van der Waals surface area contributed by atoms with Crippen molar-refractivity contribution in [2.45, 2.75) is 25.4 Å². The van der Waals surface area contributed by atoms with Gasteiger partial charge in [0.25, 0.3) is 5.92 Å². The Bertz CT molecular complexity index is 1490. The number of halogens is 4. The third-order valence-electron chi connectivity index (χ3n) is 5.83. The summed E-state index contributed by atoms with van der Waals surface area (Å²) in [5.74, 6) is -5.21. The maximum atomic E-state index is 15.4. The molecule has 4 aromatic rings. The average molecular weight is 493 g/mol. The van der Waals surface area contributed by atoms with Crippen molar-refractivity contribution in [2.75, 3.05) is 32.2 Å². The molecule has 0 bridgehead atoms. The molecular formula is C21H20F4N8O2. The number of nitrogens with one attached hydrogen (secondary N) is 1. The third kappa shape index (κ3) is 3.88. The van der Waals surface area contributed by atoms with E-state index < -0.39 is 43.1 Å². The topological polar surface area (TPSA) is 102 Å². The molecular weight excluding hydrogens is 472 g/mol. The van der Waals surface area contributed by atoms with Crippen LogP contribution < -0.4 is 10.1 Å². The Hall–Kier alpha value is -3.97. The van der Waals surface area contributed by atoms with E-state index in [-0.39, 0.29) is 36.0 Å². The van der Waals surface area contributed by atoms with Crippen molar-refractivity contribution >= 4 is 28.4 Å². The van der Waals surface area contributed by atoms with Gasteiger partial charge in [-0.15, -0.1) is 10.2 Å². The lowest BCUT2D eigenvalue weighted by Crippen LogP contribution is -2.38. The maximum absolute atomic E-state index is 15.4.